The first-order valence-corrected chi connectivity index (χ1v) is 8.05. The van der Waals surface area contributed by atoms with Crippen molar-refractivity contribution in [2.75, 3.05) is 11.6 Å². The number of thiocarbonyl (C=S) groups is 1. The van der Waals surface area contributed by atoms with Crippen molar-refractivity contribution in [2.24, 2.45) is 5.73 Å². The Morgan fingerprint density at radius 3 is 2.38 bits per heavy atom. The van der Waals surface area contributed by atoms with Crippen LogP contribution in [-0.2, 0) is 4.79 Å². The Bertz CT molecular complexity index is 644. The number of benzene rings is 2. The average Bonchev–Trinajstić information content (AvgIpc) is 2.48. The maximum absolute atomic E-state index is 12.5. The van der Waals surface area contributed by atoms with Crippen LogP contribution in [0.4, 0.5) is 5.69 Å². The van der Waals surface area contributed by atoms with Crippen molar-refractivity contribution in [1.82, 2.24) is 0 Å². The van der Waals surface area contributed by atoms with E-state index in [1.807, 2.05) is 60.9 Å². The molecule has 2 aromatic carbocycles. The number of anilines is 1. The van der Waals surface area contributed by atoms with Crippen LogP contribution in [0.3, 0.4) is 0 Å². The molecule has 108 valence electrons. The van der Waals surface area contributed by atoms with E-state index in [1.165, 1.54) is 0 Å². The van der Waals surface area contributed by atoms with Crippen LogP contribution in [0, 0.1) is 0 Å². The van der Waals surface area contributed by atoms with Crippen molar-refractivity contribution in [3.05, 3.63) is 60.2 Å². The molecule has 1 atom stereocenters. The number of para-hydroxylation sites is 1. The molecule has 0 saturated carbocycles. The van der Waals surface area contributed by atoms with E-state index >= 15 is 0 Å². The Morgan fingerprint density at radius 1 is 1.14 bits per heavy atom. The van der Waals surface area contributed by atoms with Crippen LogP contribution in [-0.4, -0.2) is 17.2 Å². The van der Waals surface area contributed by atoms with Gasteiger partial charge in [-0.3, -0.25) is 4.79 Å². The van der Waals surface area contributed by atoms with Crippen molar-refractivity contribution in [1.29, 1.82) is 0 Å². The van der Waals surface area contributed by atoms with Crippen LogP contribution in [0.2, 0.25) is 0 Å². The van der Waals surface area contributed by atoms with Crippen molar-refractivity contribution < 1.29 is 4.79 Å². The molecule has 0 saturated heterocycles. The van der Waals surface area contributed by atoms with Gasteiger partial charge in [-0.15, -0.1) is 11.8 Å². The predicted octanol–water partition coefficient (Wildman–Crippen LogP) is 3.42. The first kappa shape index (κ1) is 15.5. The van der Waals surface area contributed by atoms with E-state index in [2.05, 4.69) is 5.32 Å². The van der Waals surface area contributed by atoms with Gasteiger partial charge in [0.1, 0.15) is 5.92 Å². The van der Waals surface area contributed by atoms with Crippen LogP contribution < -0.4 is 11.1 Å². The molecule has 21 heavy (non-hydrogen) atoms. The molecule has 0 aliphatic carbocycles. The quantitative estimate of drug-likeness (QED) is 0.655. The smallest absolute Gasteiger partial charge is 0.238 e. The summed E-state index contributed by atoms with van der Waals surface area (Å²) in [5.41, 5.74) is 7.33. The molecular formula is C16H16N2OS2. The lowest BCUT2D eigenvalue weighted by atomic mass is 9.98. The van der Waals surface area contributed by atoms with E-state index < -0.39 is 5.92 Å². The monoisotopic (exact) mass is 316 g/mol. The van der Waals surface area contributed by atoms with Crippen LogP contribution in [0.1, 0.15) is 11.5 Å². The average molecular weight is 316 g/mol. The largest absolute Gasteiger partial charge is 0.392 e. The summed E-state index contributed by atoms with van der Waals surface area (Å²) in [6.07, 6.45) is 1.97. The third kappa shape index (κ3) is 3.83. The fraction of sp³-hybridized carbons (Fsp3) is 0.125. The lowest BCUT2D eigenvalue weighted by Gasteiger charge is -2.17. The summed E-state index contributed by atoms with van der Waals surface area (Å²) in [5, 5.41) is 2.91. The van der Waals surface area contributed by atoms with Gasteiger partial charge in [-0.25, -0.2) is 0 Å². The van der Waals surface area contributed by atoms with Gasteiger partial charge in [0.05, 0.1) is 10.7 Å². The molecule has 0 radical (unpaired) electrons. The Balaban J connectivity index is 2.26. The summed E-state index contributed by atoms with van der Waals surface area (Å²) in [4.78, 5) is 13.7. The molecular weight excluding hydrogens is 300 g/mol. The molecule has 2 rings (SSSR count). The zero-order valence-corrected chi connectivity index (χ0v) is 13.2. The standard InChI is InChI=1S/C16H16N2OS2/c1-21-13-10-6-5-9-12(13)18-16(19)14(15(17)20)11-7-3-2-4-8-11/h2-10,14H,1H3,(H2,17,20)(H,18,19). The number of rotatable bonds is 5. The van der Waals surface area contributed by atoms with E-state index in [0.29, 0.717) is 0 Å². The Morgan fingerprint density at radius 2 is 1.76 bits per heavy atom. The molecule has 5 heteroatoms. The maximum Gasteiger partial charge on any atom is 0.238 e. The minimum atomic E-state index is -0.629. The number of amides is 1. The molecule has 2 aromatic rings. The molecule has 1 unspecified atom stereocenters. The third-order valence-corrected chi connectivity index (χ3v) is 4.08. The minimum absolute atomic E-state index is 0.167. The summed E-state index contributed by atoms with van der Waals surface area (Å²) in [7, 11) is 0. The molecule has 0 aromatic heterocycles. The molecule has 3 nitrogen and oxygen atoms in total. The number of hydrogen-bond donors (Lipinski definition) is 2. The second-order valence-electron chi connectivity index (χ2n) is 4.44. The fourth-order valence-electron chi connectivity index (χ4n) is 2.04. The second-order valence-corrected chi connectivity index (χ2v) is 5.76. The van der Waals surface area contributed by atoms with Gasteiger partial charge in [-0.2, -0.15) is 0 Å². The van der Waals surface area contributed by atoms with E-state index in [1.54, 1.807) is 11.8 Å². The summed E-state index contributed by atoms with van der Waals surface area (Å²) in [6, 6.07) is 17.0. The van der Waals surface area contributed by atoms with Gasteiger partial charge in [-0.05, 0) is 24.0 Å². The molecule has 1 amide bonds. The predicted molar refractivity (Wildman–Crippen MR) is 92.8 cm³/mol. The topological polar surface area (TPSA) is 55.1 Å². The van der Waals surface area contributed by atoms with E-state index in [9.17, 15) is 4.79 Å². The highest BCUT2D eigenvalue weighted by Gasteiger charge is 2.23. The van der Waals surface area contributed by atoms with Gasteiger partial charge in [0, 0.05) is 4.90 Å². The van der Waals surface area contributed by atoms with Crippen molar-refractivity contribution in [2.45, 2.75) is 10.8 Å². The van der Waals surface area contributed by atoms with Gasteiger partial charge in [-0.1, -0.05) is 54.7 Å². The summed E-state index contributed by atoms with van der Waals surface area (Å²) in [6.45, 7) is 0. The SMILES string of the molecule is CSc1ccccc1NC(=O)C(C(N)=S)c1ccccc1. The zero-order valence-electron chi connectivity index (χ0n) is 11.6. The number of carbonyl (C=O) groups excluding carboxylic acids is 1. The third-order valence-electron chi connectivity index (χ3n) is 3.04. The molecule has 0 fully saturated rings. The highest BCUT2D eigenvalue weighted by molar-refractivity contribution is 7.98. The first-order valence-electron chi connectivity index (χ1n) is 6.41. The number of nitrogens with two attached hydrogens (primary N) is 1. The van der Waals surface area contributed by atoms with Crippen molar-refractivity contribution in [3.8, 4) is 0 Å². The maximum atomic E-state index is 12.5. The fourth-order valence-corrected chi connectivity index (χ4v) is 2.84. The first-order chi connectivity index (χ1) is 10.1. The highest BCUT2D eigenvalue weighted by atomic mass is 32.2. The van der Waals surface area contributed by atoms with Crippen LogP contribution in [0.25, 0.3) is 0 Å². The molecule has 0 bridgehead atoms. The zero-order chi connectivity index (χ0) is 15.2. The number of hydrogen-bond acceptors (Lipinski definition) is 3. The van der Waals surface area contributed by atoms with E-state index in [4.69, 9.17) is 18.0 Å². The van der Waals surface area contributed by atoms with Gasteiger partial charge < -0.3 is 11.1 Å². The normalized spacial score (nSPS) is 11.7. The van der Waals surface area contributed by atoms with E-state index in [0.717, 1.165) is 16.1 Å². The van der Waals surface area contributed by atoms with Crippen molar-refractivity contribution >= 4 is 40.6 Å². The van der Waals surface area contributed by atoms with Crippen molar-refractivity contribution in [3.63, 3.8) is 0 Å². The Labute approximate surface area is 133 Å². The Kier molecular flexibility index (Phi) is 5.36. The molecule has 3 N–H and O–H groups in total. The second kappa shape index (κ2) is 7.24. The summed E-state index contributed by atoms with van der Waals surface area (Å²) in [5.74, 6) is -0.841. The van der Waals surface area contributed by atoms with E-state index in [-0.39, 0.29) is 10.9 Å². The molecule has 0 aliphatic rings. The molecule has 0 heterocycles. The van der Waals surface area contributed by atoms with Gasteiger partial charge >= 0.3 is 0 Å². The lowest BCUT2D eigenvalue weighted by Crippen LogP contribution is -2.31. The van der Waals surface area contributed by atoms with Gasteiger partial charge in [0.15, 0.2) is 0 Å². The van der Waals surface area contributed by atoms with Crippen LogP contribution in [0.15, 0.2) is 59.5 Å². The van der Waals surface area contributed by atoms with Crippen LogP contribution >= 0.6 is 24.0 Å². The summed E-state index contributed by atoms with van der Waals surface area (Å²) >= 11 is 6.64. The lowest BCUT2D eigenvalue weighted by molar-refractivity contribution is -0.116. The molecule has 0 aliphatic heterocycles. The number of nitrogens with one attached hydrogen (secondary N) is 1. The van der Waals surface area contributed by atoms with Crippen LogP contribution in [0.5, 0.6) is 0 Å². The molecule has 0 spiro atoms. The highest BCUT2D eigenvalue weighted by Crippen LogP contribution is 2.26. The summed E-state index contributed by atoms with van der Waals surface area (Å²) < 4.78 is 0. The van der Waals surface area contributed by atoms with Gasteiger partial charge in [0.2, 0.25) is 5.91 Å². The Hall–Kier alpha value is -1.85. The van der Waals surface area contributed by atoms with Gasteiger partial charge in [0.25, 0.3) is 0 Å². The minimum Gasteiger partial charge on any atom is -0.392 e. The number of carbonyl (C=O) groups is 1. The number of thioether (sulfide) groups is 1.